The van der Waals surface area contributed by atoms with E-state index in [1.165, 1.54) is 11.3 Å². The number of nitrogens with one attached hydrogen (secondary N) is 1. The first-order valence-corrected chi connectivity index (χ1v) is 7.34. The van der Waals surface area contributed by atoms with Gasteiger partial charge in [0.15, 0.2) is 17.5 Å². The van der Waals surface area contributed by atoms with Gasteiger partial charge in [-0.25, -0.2) is 13.2 Å². The summed E-state index contributed by atoms with van der Waals surface area (Å²) in [6.45, 7) is 4.67. The lowest BCUT2D eigenvalue weighted by atomic mass is 10.0. The maximum absolute atomic E-state index is 13.4. The minimum absolute atomic E-state index is 0.320. The molecule has 0 aliphatic rings. The topological polar surface area (TPSA) is 12.0 Å². The maximum Gasteiger partial charge on any atom is 0.194 e. The predicted molar refractivity (Wildman–Crippen MR) is 75.5 cm³/mol. The molecule has 2 rings (SSSR count). The number of thiophene rings is 1. The highest BCUT2D eigenvalue weighted by molar-refractivity contribution is 7.10. The average Bonchev–Trinajstić information content (AvgIpc) is 2.83. The van der Waals surface area contributed by atoms with E-state index in [1.54, 1.807) is 0 Å². The maximum atomic E-state index is 13.4. The van der Waals surface area contributed by atoms with E-state index in [-0.39, 0.29) is 6.04 Å². The largest absolute Gasteiger partial charge is 0.306 e. The van der Waals surface area contributed by atoms with Gasteiger partial charge in [0.25, 0.3) is 0 Å². The summed E-state index contributed by atoms with van der Waals surface area (Å²) in [5.74, 6) is -3.74. The Kier molecular flexibility index (Phi) is 4.83. The molecule has 0 saturated heterocycles. The Morgan fingerprint density at radius 2 is 1.85 bits per heavy atom. The minimum atomic E-state index is -1.43. The summed E-state index contributed by atoms with van der Waals surface area (Å²) in [5, 5.41) is 5.19. The van der Waals surface area contributed by atoms with Crippen molar-refractivity contribution in [2.45, 2.75) is 26.3 Å². The standard InChI is InChI=1S/C15H16F3NS/c1-3-5-19-14(15-9(2)4-6-20-15)10-7-11(16)13(18)12(17)8-10/h4,6-8,14,19H,3,5H2,1-2H3. The SMILES string of the molecule is CCCNC(c1cc(F)c(F)c(F)c1)c1sccc1C. The zero-order chi connectivity index (χ0) is 14.7. The van der Waals surface area contributed by atoms with Crippen LogP contribution in [-0.2, 0) is 0 Å². The van der Waals surface area contributed by atoms with Crippen LogP contribution >= 0.6 is 11.3 Å². The van der Waals surface area contributed by atoms with Crippen LogP contribution < -0.4 is 5.32 Å². The lowest BCUT2D eigenvalue weighted by Gasteiger charge is -2.19. The lowest BCUT2D eigenvalue weighted by Crippen LogP contribution is -2.23. The normalized spacial score (nSPS) is 12.7. The highest BCUT2D eigenvalue weighted by atomic mass is 32.1. The summed E-state index contributed by atoms with van der Waals surface area (Å²) in [4.78, 5) is 0.990. The average molecular weight is 299 g/mol. The van der Waals surface area contributed by atoms with Crippen LogP contribution in [0.4, 0.5) is 13.2 Å². The van der Waals surface area contributed by atoms with Crippen molar-refractivity contribution in [3.63, 3.8) is 0 Å². The van der Waals surface area contributed by atoms with Crippen molar-refractivity contribution in [3.05, 3.63) is 57.0 Å². The van der Waals surface area contributed by atoms with Gasteiger partial charge in [-0.2, -0.15) is 0 Å². The Hall–Kier alpha value is -1.33. The molecule has 1 N–H and O–H groups in total. The Labute approximate surface area is 120 Å². The van der Waals surface area contributed by atoms with E-state index in [0.717, 1.165) is 29.0 Å². The van der Waals surface area contributed by atoms with Crippen LogP contribution in [0.15, 0.2) is 23.6 Å². The van der Waals surface area contributed by atoms with Crippen LogP contribution in [0.5, 0.6) is 0 Å². The number of benzene rings is 1. The predicted octanol–water partition coefficient (Wildman–Crippen LogP) is 4.56. The Balaban J connectivity index is 2.44. The molecule has 0 aliphatic heterocycles. The monoisotopic (exact) mass is 299 g/mol. The summed E-state index contributed by atoms with van der Waals surface area (Å²) >= 11 is 1.52. The molecule has 1 aromatic heterocycles. The summed E-state index contributed by atoms with van der Waals surface area (Å²) in [6, 6.07) is 3.76. The van der Waals surface area contributed by atoms with Gasteiger partial charge in [-0.3, -0.25) is 0 Å². The third kappa shape index (κ3) is 3.04. The number of hydrogen-bond acceptors (Lipinski definition) is 2. The van der Waals surface area contributed by atoms with E-state index in [4.69, 9.17) is 0 Å². The Morgan fingerprint density at radius 3 is 2.35 bits per heavy atom. The van der Waals surface area contributed by atoms with Crippen LogP contribution in [-0.4, -0.2) is 6.54 Å². The highest BCUT2D eigenvalue weighted by Crippen LogP contribution is 2.30. The van der Waals surface area contributed by atoms with E-state index in [2.05, 4.69) is 5.32 Å². The first-order valence-electron chi connectivity index (χ1n) is 6.46. The van der Waals surface area contributed by atoms with Crippen LogP contribution in [0.3, 0.4) is 0 Å². The van der Waals surface area contributed by atoms with Gasteiger partial charge in [-0.1, -0.05) is 6.92 Å². The van der Waals surface area contributed by atoms with Crippen molar-refractivity contribution >= 4 is 11.3 Å². The van der Waals surface area contributed by atoms with Crippen molar-refractivity contribution in [2.24, 2.45) is 0 Å². The summed E-state index contributed by atoms with van der Waals surface area (Å²) in [6.07, 6.45) is 0.896. The van der Waals surface area contributed by atoms with Gasteiger partial charge < -0.3 is 5.32 Å². The van der Waals surface area contributed by atoms with Gasteiger partial charge in [-0.15, -0.1) is 11.3 Å². The van der Waals surface area contributed by atoms with Crippen molar-refractivity contribution in [3.8, 4) is 0 Å². The quantitative estimate of drug-likeness (QED) is 0.798. The van der Waals surface area contributed by atoms with E-state index >= 15 is 0 Å². The number of rotatable bonds is 5. The summed E-state index contributed by atoms with van der Waals surface area (Å²) < 4.78 is 39.9. The fourth-order valence-electron chi connectivity index (χ4n) is 2.07. The fourth-order valence-corrected chi connectivity index (χ4v) is 3.10. The molecule has 1 heterocycles. The molecule has 108 valence electrons. The van der Waals surface area contributed by atoms with Gasteiger partial charge in [0.05, 0.1) is 6.04 Å². The third-order valence-corrected chi connectivity index (χ3v) is 4.19. The van der Waals surface area contributed by atoms with Crippen molar-refractivity contribution < 1.29 is 13.2 Å². The lowest BCUT2D eigenvalue weighted by molar-refractivity contribution is 0.442. The smallest absolute Gasteiger partial charge is 0.194 e. The molecule has 5 heteroatoms. The Bertz CT molecular complexity index is 572. The number of halogens is 3. The van der Waals surface area contributed by atoms with Crippen LogP contribution in [0.1, 0.15) is 35.4 Å². The zero-order valence-electron chi connectivity index (χ0n) is 11.3. The van der Waals surface area contributed by atoms with Crippen molar-refractivity contribution in [1.29, 1.82) is 0 Å². The molecule has 1 aromatic carbocycles. The molecular weight excluding hydrogens is 283 g/mol. The molecule has 20 heavy (non-hydrogen) atoms. The van der Waals surface area contributed by atoms with Gasteiger partial charge in [0.1, 0.15) is 0 Å². The molecule has 1 unspecified atom stereocenters. The van der Waals surface area contributed by atoms with Crippen LogP contribution in [0, 0.1) is 24.4 Å². The molecule has 0 saturated carbocycles. The van der Waals surface area contributed by atoms with E-state index in [1.807, 2.05) is 25.3 Å². The van der Waals surface area contributed by atoms with Crippen LogP contribution in [0.25, 0.3) is 0 Å². The van der Waals surface area contributed by atoms with E-state index in [0.29, 0.717) is 12.1 Å². The third-order valence-electron chi connectivity index (χ3n) is 3.10. The molecule has 1 nitrogen and oxygen atoms in total. The second kappa shape index (κ2) is 6.41. The van der Waals surface area contributed by atoms with E-state index in [9.17, 15) is 13.2 Å². The molecule has 0 spiro atoms. The van der Waals surface area contributed by atoms with Crippen LogP contribution in [0.2, 0.25) is 0 Å². The molecule has 0 aliphatic carbocycles. The summed E-state index contributed by atoms with van der Waals surface area (Å²) in [7, 11) is 0. The fraction of sp³-hybridized carbons (Fsp3) is 0.333. The molecule has 0 amide bonds. The van der Waals surface area contributed by atoms with Crippen molar-refractivity contribution in [1.82, 2.24) is 5.32 Å². The first kappa shape index (κ1) is 15.1. The number of hydrogen-bond donors (Lipinski definition) is 1. The molecule has 0 fully saturated rings. The second-order valence-corrected chi connectivity index (χ2v) is 5.60. The number of aryl methyl sites for hydroxylation is 1. The van der Waals surface area contributed by atoms with Gasteiger partial charge in [0, 0.05) is 4.88 Å². The van der Waals surface area contributed by atoms with Crippen molar-refractivity contribution in [2.75, 3.05) is 6.54 Å². The molecule has 2 aromatic rings. The van der Waals surface area contributed by atoms with E-state index < -0.39 is 17.5 Å². The highest BCUT2D eigenvalue weighted by Gasteiger charge is 2.20. The van der Waals surface area contributed by atoms with Gasteiger partial charge in [-0.05, 0) is 54.6 Å². The minimum Gasteiger partial charge on any atom is -0.306 e. The summed E-state index contributed by atoms with van der Waals surface area (Å²) in [5.41, 5.74) is 1.45. The molecule has 0 bridgehead atoms. The molecular formula is C15H16F3NS. The zero-order valence-corrected chi connectivity index (χ0v) is 12.2. The second-order valence-electron chi connectivity index (χ2n) is 4.65. The first-order chi connectivity index (χ1) is 9.54. The van der Waals surface area contributed by atoms with Gasteiger partial charge in [0.2, 0.25) is 0 Å². The molecule has 1 atom stereocenters. The Morgan fingerprint density at radius 1 is 1.20 bits per heavy atom. The molecule has 0 radical (unpaired) electrons. The van der Waals surface area contributed by atoms with Gasteiger partial charge >= 0.3 is 0 Å².